The second-order valence-electron chi connectivity index (χ2n) is 7.30. The van der Waals surface area contributed by atoms with E-state index in [0.29, 0.717) is 5.92 Å². The molecule has 1 aliphatic carbocycles. The Morgan fingerprint density at radius 3 is 2.38 bits per heavy atom. The van der Waals surface area contributed by atoms with Crippen molar-refractivity contribution < 1.29 is 0 Å². The summed E-state index contributed by atoms with van der Waals surface area (Å²) in [4.78, 5) is 0. The Morgan fingerprint density at radius 2 is 1.81 bits per heavy atom. The van der Waals surface area contributed by atoms with Crippen LogP contribution in [0.4, 0.5) is 0 Å². The first kappa shape index (κ1) is 17.1. The second-order valence-corrected chi connectivity index (χ2v) is 8.14. The van der Waals surface area contributed by atoms with Crippen LogP contribution in [0.5, 0.6) is 0 Å². The van der Waals surface area contributed by atoms with Crippen LogP contribution in [-0.4, -0.2) is 12.1 Å². The molecule has 1 atom stereocenters. The summed E-state index contributed by atoms with van der Waals surface area (Å²) in [5, 5.41) is 5.20. The van der Waals surface area contributed by atoms with E-state index in [1.54, 1.807) is 0 Å². The first-order valence-electron chi connectivity index (χ1n) is 8.07. The fourth-order valence-electron chi connectivity index (χ4n) is 3.29. The fourth-order valence-corrected chi connectivity index (χ4v) is 3.83. The number of hydrogen-bond donors (Lipinski definition) is 1. The van der Waals surface area contributed by atoms with Gasteiger partial charge in [-0.25, -0.2) is 0 Å². The lowest BCUT2D eigenvalue weighted by atomic mass is 9.76. The van der Waals surface area contributed by atoms with Crippen molar-refractivity contribution in [2.75, 3.05) is 6.54 Å². The molecule has 0 amide bonds. The van der Waals surface area contributed by atoms with E-state index in [1.807, 2.05) is 12.1 Å². The van der Waals surface area contributed by atoms with Gasteiger partial charge in [0.05, 0.1) is 0 Å². The maximum absolute atomic E-state index is 6.48. The molecule has 0 spiro atoms. The van der Waals surface area contributed by atoms with E-state index in [1.165, 1.54) is 37.7 Å². The molecule has 21 heavy (non-hydrogen) atoms. The van der Waals surface area contributed by atoms with Gasteiger partial charge in [-0.2, -0.15) is 0 Å². The maximum Gasteiger partial charge on any atom is 0.0456 e. The van der Waals surface area contributed by atoms with E-state index in [2.05, 4.69) is 32.2 Å². The zero-order chi connectivity index (χ0) is 15.5. The van der Waals surface area contributed by atoms with Gasteiger partial charge in [-0.3, -0.25) is 0 Å². The van der Waals surface area contributed by atoms with Crippen LogP contribution in [-0.2, 0) is 0 Å². The normalized spacial score (nSPS) is 18.7. The van der Waals surface area contributed by atoms with Crippen molar-refractivity contribution in [2.24, 2.45) is 5.92 Å². The van der Waals surface area contributed by atoms with Gasteiger partial charge in [0.25, 0.3) is 0 Å². The molecule has 0 bridgehead atoms. The highest BCUT2D eigenvalue weighted by atomic mass is 35.5. The quantitative estimate of drug-likeness (QED) is 0.710. The first-order chi connectivity index (χ1) is 9.87. The summed E-state index contributed by atoms with van der Waals surface area (Å²) in [5.74, 6) is 1.21. The number of halogens is 2. The maximum atomic E-state index is 6.48. The number of nitrogens with one attached hydrogen (secondary N) is 1. The summed E-state index contributed by atoms with van der Waals surface area (Å²) in [6.45, 7) is 7.63. The van der Waals surface area contributed by atoms with Crippen LogP contribution in [0.2, 0.25) is 10.0 Å². The zero-order valence-electron chi connectivity index (χ0n) is 13.4. The zero-order valence-corrected chi connectivity index (χ0v) is 14.9. The topological polar surface area (TPSA) is 12.0 Å². The molecular formula is C18H27Cl2N. The third-order valence-electron chi connectivity index (χ3n) is 4.43. The van der Waals surface area contributed by atoms with E-state index < -0.39 is 0 Å². The lowest BCUT2D eigenvalue weighted by Crippen LogP contribution is -2.40. The lowest BCUT2D eigenvalue weighted by molar-refractivity contribution is 0.280. The minimum Gasteiger partial charge on any atom is -0.311 e. The predicted molar refractivity (Wildman–Crippen MR) is 93.5 cm³/mol. The van der Waals surface area contributed by atoms with Crippen LogP contribution in [0.15, 0.2) is 18.2 Å². The Balaban J connectivity index is 2.21. The monoisotopic (exact) mass is 327 g/mol. The number of benzene rings is 1. The molecule has 0 heterocycles. The SMILES string of the molecule is CC(C)(C)NCC(c1ccc(Cl)cc1Cl)C1CCCCC1. The lowest BCUT2D eigenvalue weighted by Gasteiger charge is -2.34. The second kappa shape index (κ2) is 7.35. The summed E-state index contributed by atoms with van der Waals surface area (Å²) < 4.78 is 0. The molecule has 1 fully saturated rings. The minimum absolute atomic E-state index is 0.131. The molecule has 2 rings (SSSR count). The molecule has 1 unspecified atom stereocenters. The summed E-state index contributed by atoms with van der Waals surface area (Å²) in [6, 6.07) is 5.97. The van der Waals surface area contributed by atoms with E-state index in [-0.39, 0.29) is 5.54 Å². The van der Waals surface area contributed by atoms with E-state index in [9.17, 15) is 0 Å². The van der Waals surface area contributed by atoms with Gasteiger partial charge in [-0.1, -0.05) is 48.5 Å². The Bertz CT molecular complexity index is 459. The van der Waals surface area contributed by atoms with Crippen molar-refractivity contribution in [3.8, 4) is 0 Å². The van der Waals surface area contributed by atoms with Crippen LogP contribution >= 0.6 is 23.2 Å². The minimum atomic E-state index is 0.131. The summed E-state index contributed by atoms with van der Waals surface area (Å²) in [5.41, 5.74) is 1.39. The van der Waals surface area contributed by atoms with E-state index in [4.69, 9.17) is 23.2 Å². The van der Waals surface area contributed by atoms with Gasteiger partial charge in [0, 0.05) is 28.0 Å². The molecule has 1 aromatic carbocycles. The summed E-state index contributed by atoms with van der Waals surface area (Å²) in [6.07, 6.45) is 6.71. The van der Waals surface area contributed by atoms with E-state index in [0.717, 1.165) is 22.5 Å². The largest absolute Gasteiger partial charge is 0.311 e. The standard InChI is InChI=1S/C18H27Cl2N/c1-18(2,3)21-12-16(13-7-5-4-6-8-13)15-10-9-14(19)11-17(15)20/h9-11,13,16,21H,4-8,12H2,1-3H3. The summed E-state index contributed by atoms with van der Waals surface area (Å²) in [7, 11) is 0. The van der Waals surface area contributed by atoms with E-state index >= 15 is 0 Å². The molecule has 0 aromatic heterocycles. The Hall–Kier alpha value is -0.240. The van der Waals surface area contributed by atoms with Crippen LogP contribution < -0.4 is 5.32 Å². The molecule has 1 aliphatic rings. The van der Waals surface area contributed by atoms with Gasteiger partial charge >= 0.3 is 0 Å². The smallest absolute Gasteiger partial charge is 0.0456 e. The van der Waals surface area contributed by atoms with Crippen molar-refractivity contribution in [1.29, 1.82) is 0 Å². The molecule has 1 N–H and O–H groups in total. The molecule has 1 saturated carbocycles. The van der Waals surface area contributed by atoms with Crippen LogP contribution in [0.25, 0.3) is 0 Å². The Kier molecular flexibility index (Phi) is 5.99. The van der Waals surface area contributed by atoms with Gasteiger partial charge in [0.1, 0.15) is 0 Å². The van der Waals surface area contributed by atoms with Crippen molar-refractivity contribution in [3.05, 3.63) is 33.8 Å². The molecule has 0 aliphatic heterocycles. The van der Waals surface area contributed by atoms with Gasteiger partial charge in [0.2, 0.25) is 0 Å². The van der Waals surface area contributed by atoms with Crippen molar-refractivity contribution in [1.82, 2.24) is 5.32 Å². The third-order valence-corrected chi connectivity index (χ3v) is 5.00. The van der Waals surface area contributed by atoms with Crippen LogP contribution in [0.1, 0.15) is 64.4 Å². The third kappa shape index (κ3) is 5.16. The van der Waals surface area contributed by atoms with Crippen LogP contribution in [0, 0.1) is 5.92 Å². The number of hydrogen-bond acceptors (Lipinski definition) is 1. The molecule has 118 valence electrons. The average molecular weight is 328 g/mol. The molecule has 1 aromatic rings. The number of rotatable bonds is 4. The van der Waals surface area contributed by atoms with Gasteiger partial charge in [-0.15, -0.1) is 0 Å². The highest BCUT2D eigenvalue weighted by Crippen LogP contribution is 2.39. The molecular weight excluding hydrogens is 301 g/mol. The van der Waals surface area contributed by atoms with Crippen LogP contribution in [0.3, 0.4) is 0 Å². The fraction of sp³-hybridized carbons (Fsp3) is 0.667. The molecule has 0 radical (unpaired) electrons. The van der Waals surface area contributed by atoms with Gasteiger partial charge in [-0.05, 0) is 57.2 Å². The van der Waals surface area contributed by atoms with Crippen molar-refractivity contribution in [2.45, 2.75) is 64.3 Å². The van der Waals surface area contributed by atoms with Gasteiger partial charge < -0.3 is 5.32 Å². The molecule has 1 nitrogen and oxygen atoms in total. The first-order valence-corrected chi connectivity index (χ1v) is 8.82. The highest BCUT2D eigenvalue weighted by molar-refractivity contribution is 6.35. The van der Waals surface area contributed by atoms with Crippen molar-refractivity contribution >= 4 is 23.2 Å². The Labute approximate surface area is 139 Å². The highest BCUT2D eigenvalue weighted by Gasteiger charge is 2.27. The molecule has 0 saturated heterocycles. The van der Waals surface area contributed by atoms with Gasteiger partial charge in [0.15, 0.2) is 0 Å². The predicted octanol–water partition coefficient (Wildman–Crippen LogP) is 6.05. The molecule has 3 heteroatoms. The Morgan fingerprint density at radius 1 is 1.14 bits per heavy atom. The average Bonchev–Trinajstić information content (AvgIpc) is 2.41. The van der Waals surface area contributed by atoms with Crippen molar-refractivity contribution in [3.63, 3.8) is 0 Å². The summed E-state index contributed by atoms with van der Waals surface area (Å²) >= 11 is 12.5.